The van der Waals surface area contributed by atoms with Gasteiger partial charge in [0, 0.05) is 12.2 Å². The van der Waals surface area contributed by atoms with Gasteiger partial charge in [0.2, 0.25) is 10.0 Å². The lowest BCUT2D eigenvalue weighted by atomic mass is 10.2. The van der Waals surface area contributed by atoms with Gasteiger partial charge in [-0.15, -0.1) is 0 Å². The molecule has 0 bridgehead atoms. The Hall–Kier alpha value is -2.64. The molecule has 0 fully saturated rings. The molecule has 0 spiro atoms. The highest BCUT2D eigenvalue weighted by Gasteiger charge is 2.25. The van der Waals surface area contributed by atoms with Crippen molar-refractivity contribution >= 4 is 50.8 Å². The van der Waals surface area contributed by atoms with E-state index in [9.17, 15) is 18.0 Å². The van der Waals surface area contributed by atoms with Gasteiger partial charge in [0.15, 0.2) is 6.61 Å². The molecule has 0 aliphatic carbocycles. The monoisotopic (exact) mass is 483 g/mol. The van der Waals surface area contributed by atoms with Crippen molar-refractivity contribution < 1.29 is 22.7 Å². The van der Waals surface area contributed by atoms with Crippen LogP contribution in [0.15, 0.2) is 53.4 Å². The fraction of sp³-hybridized carbons (Fsp3) is 0.250. The number of rotatable bonds is 9. The van der Waals surface area contributed by atoms with Crippen molar-refractivity contribution in [2.24, 2.45) is 0 Å². The maximum atomic E-state index is 12.5. The number of nitriles is 1. The van der Waals surface area contributed by atoms with Crippen LogP contribution in [0.1, 0.15) is 13.3 Å². The Morgan fingerprint density at radius 1 is 1.16 bits per heavy atom. The molecule has 1 amide bonds. The molecule has 2 aromatic rings. The van der Waals surface area contributed by atoms with Crippen LogP contribution in [0.4, 0.5) is 5.69 Å². The maximum Gasteiger partial charge on any atom is 0.324 e. The van der Waals surface area contributed by atoms with E-state index in [0.29, 0.717) is 5.69 Å². The van der Waals surface area contributed by atoms with E-state index in [0.717, 1.165) is 6.07 Å². The van der Waals surface area contributed by atoms with Crippen LogP contribution in [0.3, 0.4) is 0 Å². The van der Waals surface area contributed by atoms with Crippen LogP contribution in [0.25, 0.3) is 0 Å². The molecule has 164 valence electrons. The van der Waals surface area contributed by atoms with E-state index in [-0.39, 0.29) is 27.9 Å². The summed E-state index contributed by atoms with van der Waals surface area (Å²) in [6.07, 6.45) is 0.0917. The van der Waals surface area contributed by atoms with E-state index in [1.54, 1.807) is 30.3 Å². The summed E-state index contributed by atoms with van der Waals surface area (Å²) in [6.45, 7) is 0.793. The summed E-state index contributed by atoms with van der Waals surface area (Å²) in [5, 5.41) is 9.05. The minimum atomic E-state index is -4.08. The zero-order valence-corrected chi connectivity index (χ0v) is 18.7. The Morgan fingerprint density at radius 2 is 1.84 bits per heavy atom. The lowest BCUT2D eigenvalue weighted by molar-refractivity contribution is -0.149. The lowest BCUT2D eigenvalue weighted by Crippen LogP contribution is -2.41. The van der Waals surface area contributed by atoms with Gasteiger partial charge < -0.3 is 9.64 Å². The SMILES string of the molecule is C[C@H](NS(=O)(=O)c1ccc(Cl)c(Cl)c1)C(=O)OCC(=O)N(CCC#N)c1ccccc1. The van der Waals surface area contributed by atoms with Gasteiger partial charge in [0.25, 0.3) is 5.91 Å². The number of amides is 1. The Labute approximate surface area is 190 Å². The molecule has 0 aromatic heterocycles. The molecule has 1 atom stereocenters. The van der Waals surface area contributed by atoms with Gasteiger partial charge in [-0.1, -0.05) is 41.4 Å². The molecule has 2 aromatic carbocycles. The Morgan fingerprint density at radius 3 is 2.45 bits per heavy atom. The largest absolute Gasteiger partial charge is 0.454 e. The average molecular weight is 484 g/mol. The number of esters is 1. The topological polar surface area (TPSA) is 117 Å². The van der Waals surface area contributed by atoms with Crippen molar-refractivity contribution in [1.82, 2.24) is 4.72 Å². The zero-order chi connectivity index (χ0) is 23.0. The highest BCUT2D eigenvalue weighted by Crippen LogP contribution is 2.24. The second-order valence-corrected chi connectivity index (χ2v) is 8.84. The summed E-state index contributed by atoms with van der Waals surface area (Å²) in [5.41, 5.74) is 0.548. The van der Waals surface area contributed by atoms with Gasteiger partial charge in [-0.25, -0.2) is 8.42 Å². The minimum Gasteiger partial charge on any atom is -0.454 e. The van der Waals surface area contributed by atoms with E-state index in [1.807, 2.05) is 6.07 Å². The molecule has 0 unspecified atom stereocenters. The van der Waals surface area contributed by atoms with Gasteiger partial charge in [0.1, 0.15) is 6.04 Å². The molecule has 11 heteroatoms. The number of para-hydroxylation sites is 1. The highest BCUT2D eigenvalue weighted by atomic mass is 35.5. The number of benzene rings is 2. The summed E-state index contributed by atoms with van der Waals surface area (Å²) in [6, 6.07) is 13.0. The molecule has 0 aliphatic heterocycles. The first kappa shape index (κ1) is 24.6. The zero-order valence-electron chi connectivity index (χ0n) is 16.4. The van der Waals surface area contributed by atoms with Gasteiger partial charge in [-0.3, -0.25) is 9.59 Å². The van der Waals surface area contributed by atoms with Crippen molar-refractivity contribution in [3.8, 4) is 6.07 Å². The quantitative estimate of drug-likeness (QED) is 0.547. The number of ether oxygens (including phenoxy) is 1. The molecule has 8 nitrogen and oxygen atoms in total. The first-order chi connectivity index (χ1) is 14.7. The molecular weight excluding hydrogens is 465 g/mol. The van der Waals surface area contributed by atoms with E-state index < -0.39 is 34.5 Å². The third kappa shape index (κ3) is 6.94. The highest BCUT2D eigenvalue weighted by molar-refractivity contribution is 7.89. The van der Waals surface area contributed by atoms with E-state index >= 15 is 0 Å². The number of sulfonamides is 1. The molecule has 2 rings (SSSR count). The molecule has 0 aliphatic rings. The number of nitrogens with one attached hydrogen (secondary N) is 1. The Kier molecular flexibility index (Phi) is 8.83. The van der Waals surface area contributed by atoms with Gasteiger partial charge in [-0.05, 0) is 37.3 Å². The molecule has 1 N–H and O–H groups in total. The maximum absolute atomic E-state index is 12.5. The Bertz CT molecular complexity index is 1090. The van der Waals surface area contributed by atoms with Crippen molar-refractivity contribution in [1.29, 1.82) is 5.26 Å². The van der Waals surface area contributed by atoms with Crippen molar-refractivity contribution in [2.75, 3.05) is 18.1 Å². The predicted octanol–water partition coefficient (Wildman–Crippen LogP) is 3.15. The first-order valence-electron chi connectivity index (χ1n) is 9.02. The number of hydrogen-bond acceptors (Lipinski definition) is 6. The standard InChI is InChI=1S/C20H19Cl2N3O5S/c1-14(24-31(28,29)16-8-9-17(21)18(22)12-16)20(27)30-13-19(26)25(11-5-10-23)15-6-3-2-4-7-15/h2-4,6-9,12,14,24H,5,11,13H2,1H3/t14-/m0/s1. The second-order valence-electron chi connectivity index (χ2n) is 6.32. The normalized spacial score (nSPS) is 11.9. The van der Waals surface area contributed by atoms with E-state index in [2.05, 4.69) is 4.72 Å². The molecular formula is C20H19Cl2N3O5S. The molecule has 0 saturated carbocycles. The number of anilines is 1. The van der Waals surface area contributed by atoms with Crippen LogP contribution in [-0.2, 0) is 24.3 Å². The van der Waals surface area contributed by atoms with Crippen LogP contribution < -0.4 is 9.62 Å². The number of hydrogen-bond donors (Lipinski definition) is 1. The van der Waals surface area contributed by atoms with Crippen molar-refractivity contribution in [3.05, 3.63) is 58.6 Å². The fourth-order valence-electron chi connectivity index (χ4n) is 2.50. The summed E-state index contributed by atoms with van der Waals surface area (Å²) in [4.78, 5) is 25.9. The smallest absolute Gasteiger partial charge is 0.324 e. The van der Waals surface area contributed by atoms with Gasteiger partial charge in [-0.2, -0.15) is 9.98 Å². The fourth-order valence-corrected chi connectivity index (χ4v) is 4.08. The predicted molar refractivity (Wildman–Crippen MR) is 116 cm³/mol. The number of carbonyl (C=O) groups excluding carboxylic acids is 2. The number of nitrogens with zero attached hydrogens (tertiary/aromatic N) is 2. The Balaban J connectivity index is 2.00. The summed E-state index contributed by atoms with van der Waals surface area (Å²) >= 11 is 11.6. The van der Waals surface area contributed by atoms with Gasteiger partial charge in [0.05, 0.1) is 27.4 Å². The molecule has 0 heterocycles. The van der Waals surface area contributed by atoms with Crippen molar-refractivity contribution in [3.63, 3.8) is 0 Å². The average Bonchev–Trinajstić information content (AvgIpc) is 2.74. The van der Waals surface area contributed by atoms with Crippen LogP contribution in [0, 0.1) is 11.3 Å². The molecule has 31 heavy (non-hydrogen) atoms. The molecule has 0 radical (unpaired) electrons. The number of halogens is 2. The second kappa shape index (κ2) is 11.1. The molecule has 0 saturated heterocycles. The lowest BCUT2D eigenvalue weighted by Gasteiger charge is -2.22. The van der Waals surface area contributed by atoms with Gasteiger partial charge >= 0.3 is 5.97 Å². The third-order valence-electron chi connectivity index (χ3n) is 4.04. The van der Waals surface area contributed by atoms with Crippen LogP contribution in [-0.4, -0.2) is 39.5 Å². The van der Waals surface area contributed by atoms with Crippen LogP contribution >= 0.6 is 23.2 Å². The van der Waals surface area contributed by atoms with Crippen LogP contribution in [0.5, 0.6) is 0 Å². The minimum absolute atomic E-state index is 0.0451. The number of carbonyl (C=O) groups is 2. The van der Waals surface area contributed by atoms with E-state index in [4.69, 9.17) is 33.2 Å². The van der Waals surface area contributed by atoms with Crippen LogP contribution in [0.2, 0.25) is 10.0 Å². The first-order valence-corrected chi connectivity index (χ1v) is 11.3. The summed E-state index contributed by atoms with van der Waals surface area (Å²) in [5.74, 6) is -1.49. The van der Waals surface area contributed by atoms with E-state index in [1.165, 1.54) is 24.0 Å². The van der Waals surface area contributed by atoms with Crippen molar-refractivity contribution in [2.45, 2.75) is 24.3 Å². The summed E-state index contributed by atoms with van der Waals surface area (Å²) in [7, 11) is -4.08. The third-order valence-corrected chi connectivity index (χ3v) is 6.32. The summed E-state index contributed by atoms with van der Waals surface area (Å²) < 4.78 is 32.0.